The summed E-state index contributed by atoms with van der Waals surface area (Å²) in [6.45, 7) is 1.09. The molecule has 0 atom stereocenters. The summed E-state index contributed by atoms with van der Waals surface area (Å²) in [6, 6.07) is 8.39. The highest BCUT2D eigenvalue weighted by Crippen LogP contribution is 2.49. The van der Waals surface area contributed by atoms with Gasteiger partial charge in [0.2, 0.25) is 0 Å². The van der Waals surface area contributed by atoms with Crippen molar-refractivity contribution < 1.29 is 0 Å². The minimum atomic E-state index is 0.874. The molecule has 4 rings (SSSR count). The molecule has 2 nitrogen and oxygen atoms in total. The molecule has 1 heterocycles. The first-order valence-corrected chi connectivity index (χ1v) is 8.39. The first-order valence-electron chi connectivity index (χ1n) is 7.60. The third-order valence-corrected chi connectivity index (χ3v) is 5.40. The van der Waals surface area contributed by atoms with Crippen LogP contribution in [-0.4, -0.2) is 11.5 Å². The zero-order valence-electron chi connectivity index (χ0n) is 11.5. The molecule has 20 heavy (non-hydrogen) atoms. The van der Waals surface area contributed by atoms with Crippen molar-refractivity contribution in [2.24, 2.45) is 17.8 Å². The summed E-state index contributed by atoms with van der Waals surface area (Å²) >= 11 is 3.62. The molecule has 2 aliphatic carbocycles. The fraction of sp³-hybridized carbons (Fsp3) is 0.471. The quantitative estimate of drug-likeness (QED) is 0.847. The molecule has 1 aromatic carbocycles. The van der Waals surface area contributed by atoms with Gasteiger partial charge in [-0.2, -0.15) is 0 Å². The van der Waals surface area contributed by atoms with Crippen LogP contribution < -0.4 is 5.32 Å². The lowest BCUT2D eigenvalue weighted by Crippen LogP contribution is -2.18. The van der Waals surface area contributed by atoms with Crippen molar-refractivity contribution in [1.29, 1.82) is 0 Å². The monoisotopic (exact) mass is 330 g/mol. The molecule has 0 saturated heterocycles. The van der Waals surface area contributed by atoms with Gasteiger partial charge in [-0.1, -0.05) is 28.1 Å². The second kappa shape index (κ2) is 5.03. The third kappa shape index (κ3) is 2.44. The summed E-state index contributed by atoms with van der Waals surface area (Å²) < 4.78 is 1.14. The van der Waals surface area contributed by atoms with E-state index in [1.165, 1.54) is 36.5 Å². The SMILES string of the molecule is Brc1cccc2c(NCC(C3CC3)C3CC3)nccc12. The van der Waals surface area contributed by atoms with Crippen molar-refractivity contribution >= 4 is 32.5 Å². The van der Waals surface area contributed by atoms with Crippen LogP contribution in [0, 0.1) is 17.8 Å². The van der Waals surface area contributed by atoms with Gasteiger partial charge in [-0.3, -0.25) is 0 Å². The van der Waals surface area contributed by atoms with Gasteiger partial charge >= 0.3 is 0 Å². The zero-order valence-corrected chi connectivity index (χ0v) is 13.1. The van der Waals surface area contributed by atoms with Crippen molar-refractivity contribution in [2.45, 2.75) is 25.7 Å². The molecule has 0 unspecified atom stereocenters. The summed E-state index contributed by atoms with van der Waals surface area (Å²) in [5.41, 5.74) is 0. The van der Waals surface area contributed by atoms with Gasteiger partial charge < -0.3 is 5.32 Å². The molecular weight excluding hydrogens is 312 g/mol. The van der Waals surface area contributed by atoms with Gasteiger partial charge in [-0.15, -0.1) is 0 Å². The number of nitrogens with zero attached hydrogens (tertiary/aromatic N) is 1. The van der Waals surface area contributed by atoms with Gasteiger partial charge in [0.25, 0.3) is 0 Å². The second-order valence-electron chi connectivity index (χ2n) is 6.21. The Balaban J connectivity index is 1.57. The van der Waals surface area contributed by atoms with E-state index in [0.717, 1.165) is 34.6 Å². The number of pyridine rings is 1. The van der Waals surface area contributed by atoms with E-state index >= 15 is 0 Å². The summed E-state index contributed by atoms with van der Waals surface area (Å²) in [6.07, 6.45) is 7.67. The van der Waals surface area contributed by atoms with E-state index in [9.17, 15) is 0 Å². The highest BCUT2D eigenvalue weighted by atomic mass is 79.9. The maximum absolute atomic E-state index is 4.55. The first-order chi connectivity index (χ1) is 9.83. The van der Waals surface area contributed by atoms with Crippen LogP contribution in [0.25, 0.3) is 10.8 Å². The molecule has 0 radical (unpaired) electrons. The second-order valence-corrected chi connectivity index (χ2v) is 7.07. The van der Waals surface area contributed by atoms with E-state index < -0.39 is 0 Å². The number of aromatic nitrogens is 1. The maximum Gasteiger partial charge on any atom is 0.133 e. The Morgan fingerprint density at radius 3 is 2.55 bits per heavy atom. The fourth-order valence-corrected chi connectivity index (χ4v) is 3.79. The predicted molar refractivity (Wildman–Crippen MR) is 86.9 cm³/mol. The van der Waals surface area contributed by atoms with Crippen LogP contribution in [0.15, 0.2) is 34.9 Å². The summed E-state index contributed by atoms with van der Waals surface area (Å²) in [5, 5.41) is 6.08. The molecule has 1 N–H and O–H groups in total. The highest BCUT2D eigenvalue weighted by molar-refractivity contribution is 9.10. The van der Waals surface area contributed by atoms with Crippen molar-refractivity contribution in [2.75, 3.05) is 11.9 Å². The third-order valence-electron chi connectivity index (χ3n) is 4.71. The molecule has 0 spiro atoms. The Bertz CT molecular complexity index is 620. The molecular formula is C17H19BrN2. The van der Waals surface area contributed by atoms with E-state index in [-0.39, 0.29) is 0 Å². The molecule has 2 aromatic rings. The van der Waals surface area contributed by atoms with Gasteiger partial charge in [0, 0.05) is 28.0 Å². The highest BCUT2D eigenvalue weighted by Gasteiger charge is 2.41. The van der Waals surface area contributed by atoms with Crippen LogP contribution >= 0.6 is 15.9 Å². The Kier molecular flexibility index (Phi) is 3.18. The van der Waals surface area contributed by atoms with Gasteiger partial charge in [-0.25, -0.2) is 4.98 Å². The van der Waals surface area contributed by atoms with Gasteiger partial charge in [-0.05, 0) is 55.6 Å². The number of fused-ring (bicyclic) bond motifs is 1. The van der Waals surface area contributed by atoms with E-state index in [0.29, 0.717) is 0 Å². The van der Waals surface area contributed by atoms with E-state index in [1.807, 2.05) is 6.20 Å². The molecule has 2 fully saturated rings. The first kappa shape index (κ1) is 12.6. The van der Waals surface area contributed by atoms with Gasteiger partial charge in [0.15, 0.2) is 0 Å². The van der Waals surface area contributed by atoms with Crippen molar-refractivity contribution in [3.8, 4) is 0 Å². The van der Waals surface area contributed by atoms with Crippen LogP contribution in [0.2, 0.25) is 0 Å². The Morgan fingerprint density at radius 1 is 1.10 bits per heavy atom. The maximum atomic E-state index is 4.55. The Morgan fingerprint density at radius 2 is 1.85 bits per heavy atom. The number of benzene rings is 1. The molecule has 2 saturated carbocycles. The predicted octanol–water partition coefficient (Wildman–Crippen LogP) is 4.85. The van der Waals surface area contributed by atoms with Crippen molar-refractivity contribution in [1.82, 2.24) is 4.98 Å². The normalized spacial score (nSPS) is 18.7. The molecule has 0 aliphatic heterocycles. The van der Waals surface area contributed by atoms with Crippen LogP contribution in [0.1, 0.15) is 25.7 Å². The standard InChI is InChI=1S/C17H19BrN2/c18-16-3-1-2-14-13(16)8-9-19-17(14)20-10-15(11-4-5-11)12-6-7-12/h1-3,8-9,11-12,15H,4-7,10H2,(H,19,20). The summed E-state index contributed by atoms with van der Waals surface area (Å²) in [7, 11) is 0. The topological polar surface area (TPSA) is 24.9 Å². The molecule has 3 heteroatoms. The average Bonchev–Trinajstić information content (AvgIpc) is 3.34. The van der Waals surface area contributed by atoms with Gasteiger partial charge in [0.05, 0.1) is 0 Å². The van der Waals surface area contributed by atoms with Crippen molar-refractivity contribution in [3.05, 3.63) is 34.9 Å². The number of hydrogen-bond donors (Lipinski definition) is 1. The summed E-state index contributed by atoms with van der Waals surface area (Å²) in [5.74, 6) is 3.88. The van der Waals surface area contributed by atoms with E-state index in [1.54, 1.807) is 0 Å². The lowest BCUT2D eigenvalue weighted by atomic mass is 9.98. The van der Waals surface area contributed by atoms with Crippen LogP contribution in [0.5, 0.6) is 0 Å². The zero-order chi connectivity index (χ0) is 13.5. The van der Waals surface area contributed by atoms with Gasteiger partial charge in [0.1, 0.15) is 5.82 Å². The lowest BCUT2D eigenvalue weighted by Gasteiger charge is -2.17. The Hall–Kier alpha value is -1.09. The number of rotatable bonds is 5. The minimum Gasteiger partial charge on any atom is -0.369 e. The van der Waals surface area contributed by atoms with Crippen LogP contribution in [-0.2, 0) is 0 Å². The largest absolute Gasteiger partial charge is 0.369 e. The van der Waals surface area contributed by atoms with Crippen LogP contribution in [0.4, 0.5) is 5.82 Å². The molecule has 104 valence electrons. The molecule has 2 aliphatic rings. The molecule has 0 amide bonds. The van der Waals surface area contributed by atoms with Crippen LogP contribution in [0.3, 0.4) is 0 Å². The number of hydrogen-bond acceptors (Lipinski definition) is 2. The number of halogens is 1. The summed E-state index contributed by atoms with van der Waals surface area (Å²) in [4.78, 5) is 4.55. The molecule has 1 aromatic heterocycles. The fourth-order valence-electron chi connectivity index (χ4n) is 3.29. The lowest BCUT2D eigenvalue weighted by molar-refractivity contribution is 0.428. The number of nitrogens with one attached hydrogen (secondary N) is 1. The van der Waals surface area contributed by atoms with E-state index in [4.69, 9.17) is 0 Å². The van der Waals surface area contributed by atoms with Crippen molar-refractivity contribution in [3.63, 3.8) is 0 Å². The van der Waals surface area contributed by atoms with E-state index in [2.05, 4.69) is 50.5 Å². The molecule has 0 bridgehead atoms. The smallest absolute Gasteiger partial charge is 0.133 e. The minimum absolute atomic E-state index is 0.874. The Labute approximate surface area is 128 Å². The average molecular weight is 331 g/mol. The number of anilines is 1.